The maximum absolute atomic E-state index is 13.1. The zero-order valence-corrected chi connectivity index (χ0v) is 15.2. The van der Waals surface area contributed by atoms with E-state index in [1.54, 1.807) is 18.2 Å². The SMILES string of the molecule is COc1cc2c(=O)c3c(O)c4c(cc3oc2c(OC)c1O)OC(C)(C)C=C4. The van der Waals surface area contributed by atoms with Crippen LogP contribution in [-0.2, 0) is 0 Å². The van der Waals surface area contributed by atoms with Gasteiger partial charge in [0.1, 0.15) is 28.1 Å². The Kier molecular flexibility index (Phi) is 3.53. The summed E-state index contributed by atoms with van der Waals surface area (Å²) >= 11 is 0. The smallest absolute Gasteiger partial charge is 0.208 e. The third kappa shape index (κ3) is 2.38. The maximum Gasteiger partial charge on any atom is 0.208 e. The van der Waals surface area contributed by atoms with Gasteiger partial charge in [-0.1, -0.05) is 0 Å². The van der Waals surface area contributed by atoms with Gasteiger partial charge in [-0.3, -0.25) is 4.79 Å². The summed E-state index contributed by atoms with van der Waals surface area (Å²) in [4.78, 5) is 13.1. The molecule has 1 aromatic heterocycles. The van der Waals surface area contributed by atoms with Crippen molar-refractivity contribution in [2.45, 2.75) is 19.4 Å². The Hall–Kier alpha value is -3.35. The van der Waals surface area contributed by atoms with Gasteiger partial charge in [0.2, 0.25) is 16.9 Å². The molecule has 7 heteroatoms. The third-order valence-electron chi connectivity index (χ3n) is 4.57. The first kappa shape index (κ1) is 17.1. The summed E-state index contributed by atoms with van der Waals surface area (Å²) in [6.07, 6.45) is 3.52. The highest BCUT2D eigenvalue weighted by molar-refractivity contribution is 5.99. The van der Waals surface area contributed by atoms with Crippen molar-refractivity contribution in [3.8, 4) is 28.7 Å². The van der Waals surface area contributed by atoms with Crippen LogP contribution in [0.5, 0.6) is 28.7 Å². The zero-order valence-electron chi connectivity index (χ0n) is 15.2. The Balaban J connectivity index is 2.16. The molecule has 0 radical (unpaired) electrons. The minimum atomic E-state index is -0.562. The van der Waals surface area contributed by atoms with Crippen molar-refractivity contribution in [1.82, 2.24) is 0 Å². The summed E-state index contributed by atoms with van der Waals surface area (Å²) in [7, 11) is 2.71. The number of aromatic hydroxyl groups is 2. The first-order valence-corrected chi connectivity index (χ1v) is 8.26. The maximum atomic E-state index is 13.1. The van der Waals surface area contributed by atoms with Crippen LogP contribution in [0.1, 0.15) is 19.4 Å². The summed E-state index contributed by atoms with van der Waals surface area (Å²) in [5.74, 6) is -0.0739. The fourth-order valence-electron chi connectivity index (χ4n) is 3.25. The first-order chi connectivity index (χ1) is 12.8. The Labute approximate surface area is 154 Å². The number of fused-ring (bicyclic) bond motifs is 3. The van der Waals surface area contributed by atoms with Gasteiger partial charge in [-0.2, -0.15) is 0 Å². The number of hydrogen-bond acceptors (Lipinski definition) is 7. The van der Waals surface area contributed by atoms with Gasteiger partial charge in [-0.25, -0.2) is 0 Å². The quantitative estimate of drug-likeness (QED) is 0.666. The predicted octanol–water partition coefficient (Wildman–Crippen LogP) is 3.56. The van der Waals surface area contributed by atoms with E-state index >= 15 is 0 Å². The van der Waals surface area contributed by atoms with Crippen LogP contribution in [0.2, 0.25) is 0 Å². The molecule has 1 aliphatic heterocycles. The highest BCUT2D eigenvalue weighted by atomic mass is 16.5. The topological polar surface area (TPSA) is 98.4 Å². The fraction of sp³-hybridized carbons (Fsp3) is 0.250. The number of rotatable bonds is 2. The lowest BCUT2D eigenvalue weighted by Crippen LogP contribution is -2.27. The molecule has 0 saturated carbocycles. The zero-order chi connectivity index (χ0) is 19.5. The van der Waals surface area contributed by atoms with Crippen molar-refractivity contribution < 1.29 is 28.8 Å². The van der Waals surface area contributed by atoms with Crippen LogP contribution in [0, 0.1) is 0 Å². The largest absolute Gasteiger partial charge is 0.506 e. The molecule has 0 fully saturated rings. The molecule has 140 valence electrons. The van der Waals surface area contributed by atoms with Gasteiger partial charge in [0.05, 0.1) is 25.2 Å². The van der Waals surface area contributed by atoms with Crippen molar-refractivity contribution in [3.05, 3.63) is 34.0 Å². The summed E-state index contributed by atoms with van der Waals surface area (Å²) in [5, 5.41) is 21.1. The van der Waals surface area contributed by atoms with Crippen LogP contribution in [0.25, 0.3) is 28.0 Å². The minimum Gasteiger partial charge on any atom is -0.506 e. The Morgan fingerprint density at radius 3 is 2.48 bits per heavy atom. The lowest BCUT2D eigenvalue weighted by atomic mass is 9.99. The molecule has 4 rings (SSSR count). The molecule has 0 bridgehead atoms. The van der Waals surface area contributed by atoms with E-state index in [4.69, 9.17) is 18.6 Å². The van der Waals surface area contributed by atoms with E-state index in [9.17, 15) is 15.0 Å². The second-order valence-electron chi connectivity index (χ2n) is 6.82. The molecule has 0 unspecified atom stereocenters. The molecule has 0 atom stereocenters. The van der Waals surface area contributed by atoms with Gasteiger partial charge in [0.25, 0.3) is 0 Å². The summed E-state index contributed by atoms with van der Waals surface area (Å²) in [6.45, 7) is 3.75. The highest BCUT2D eigenvalue weighted by Crippen LogP contribution is 2.45. The van der Waals surface area contributed by atoms with E-state index in [2.05, 4.69) is 0 Å². The standard InChI is InChI=1S/C20H18O7/c1-20(2)6-5-9-11(27-20)8-12-14(15(9)21)16(22)10-7-13(24-3)17(23)19(25-4)18(10)26-12/h5-8,21,23H,1-4H3. The fourth-order valence-corrected chi connectivity index (χ4v) is 3.25. The predicted molar refractivity (Wildman–Crippen MR) is 100 cm³/mol. The van der Waals surface area contributed by atoms with Crippen molar-refractivity contribution in [2.75, 3.05) is 14.2 Å². The van der Waals surface area contributed by atoms with E-state index in [0.717, 1.165) is 0 Å². The molecular formula is C20H18O7. The summed E-state index contributed by atoms with van der Waals surface area (Å²) < 4.78 is 22.0. The van der Waals surface area contributed by atoms with Crippen LogP contribution < -0.4 is 19.6 Å². The van der Waals surface area contributed by atoms with Crippen LogP contribution in [-0.4, -0.2) is 30.0 Å². The molecule has 0 spiro atoms. The molecule has 1 aliphatic rings. The van der Waals surface area contributed by atoms with Gasteiger partial charge in [0, 0.05) is 6.07 Å². The molecule has 0 aliphatic carbocycles. The highest BCUT2D eigenvalue weighted by Gasteiger charge is 2.28. The third-order valence-corrected chi connectivity index (χ3v) is 4.57. The van der Waals surface area contributed by atoms with Crippen molar-refractivity contribution in [3.63, 3.8) is 0 Å². The Morgan fingerprint density at radius 2 is 1.81 bits per heavy atom. The molecule has 3 aromatic rings. The first-order valence-electron chi connectivity index (χ1n) is 8.26. The average Bonchev–Trinajstić information content (AvgIpc) is 2.60. The number of benzene rings is 2. The number of ether oxygens (including phenoxy) is 3. The van der Waals surface area contributed by atoms with E-state index in [1.807, 2.05) is 13.8 Å². The molecule has 2 aromatic carbocycles. The van der Waals surface area contributed by atoms with E-state index < -0.39 is 11.0 Å². The summed E-state index contributed by atoms with van der Waals surface area (Å²) in [5.41, 5.74) is -0.448. The molecule has 2 N–H and O–H groups in total. The van der Waals surface area contributed by atoms with E-state index in [1.165, 1.54) is 20.3 Å². The van der Waals surface area contributed by atoms with Gasteiger partial charge in [-0.15, -0.1) is 0 Å². The molecule has 0 saturated heterocycles. The lowest BCUT2D eigenvalue weighted by Gasteiger charge is -2.28. The van der Waals surface area contributed by atoms with Crippen LogP contribution >= 0.6 is 0 Å². The van der Waals surface area contributed by atoms with Crippen molar-refractivity contribution >= 4 is 28.0 Å². The van der Waals surface area contributed by atoms with Crippen molar-refractivity contribution in [1.29, 1.82) is 0 Å². The van der Waals surface area contributed by atoms with Crippen molar-refractivity contribution in [2.24, 2.45) is 0 Å². The van der Waals surface area contributed by atoms with E-state index in [-0.39, 0.29) is 44.9 Å². The van der Waals surface area contributed by atoms with Gasteiger partial charge in [0.15, 0.2) is 11.3 Å². The second kappa shape index (κ2) is 5.57. The van der Waals surface area contributed by atoms with Crippen LogP contribution in [0.4, 0.5) is 0 Å². The van der Waals surface area contributed by atoms with Crippen LogP contribution in [0.15, 0.2) is 27.4 Å². The number of phenolic OH excluding ortho intramolecular Hbond substituents is 2. The number of phenols is 2. The van der Waals surface area contributed by atoms with E-state index in [0.29, 0.717) is 11.3 Å². The normalized spacial score (nSPS) is 14.8. The number of hydrogen-bond donors (Lipinski definition) is 2. The summed E-state index contributed by atoms with van der Waals surface area (Å²) in [6, 6.07) is 2.91. The number of methoxy groups -OCH3 is 2. The Bertz CT molecular complexity index is 1190. The Morgan fingerprint density at radius 1 is 1.07 bits per heavy atom. The minimum absolute atomic E-state index is 0.0176. The lowest BCUT2D eigenvalue weighted by molar-refractivity contribution is 0.158. The second-order valence-corrected chi connectivity index (χ2v) is 6.82. The molecular weight excluding hydrogens is 352 g/mol. The average molecular weight is 370 g/mol. The van der Waals surface area contributed by atoms with Crippen LogP contribution in [0.3, 0.4) is 0 Å². The molecule has 2 heterocycles. The molecule has 0 amide bonds. The monoisotopic (exact) mass is 370 g/mol. The van der Waals surface area contributed by atoms with Gasteiger partial charge >= 0.3 is 0 Å². The van der Waals surface area contributed by atoms with Gasteiger partial charge < -0.3 is 28.8 Å². The molecule has 27 heavy (non-hydrogen) atoms. The molecule has 7 nitrogen and oxygen atoms in total. The van der Waals surface area contributed by atoms with Gasteiger partial charge in [-0.05, 0) is 32.1 Å².